The van der Waals surface area contributed by atoms with Crippen LogP contribution in [0, 0.1) is 5.92 Å². The van der Waals surface area contributed by atoms with Crippen molar-refractivity contribution in [3.63, 3.8) is 0 Å². The van der Waals surface area contributed by atoms with E-state index in [2.05, 4.69) is 45.0 Å². The molecule has 0 saturated carbocycles. The van der Waals surface area contributed by atoms with Gasteiger partial charge < -0.3 is 15.0 Å². The first kappa shape index (κ1) is 16.9. The summed E-state index contributed by atoms with van der Waals surface area (Å²) in [4.78, 5) is 2.39. The molecule has 0 fully saturated rings. The van der Waals surface area contributed by atoms with Crippen molar-refractivity contribution in [1.29, 1.82) is 0 Å². The molecular formula is C14H32N2O. The van der Waals surface area contributed by atoms with E-state index in [1.807, 2.05) is 0 Å². The number of nitrogens with zero attached hydrogens (tertiary/aromatic N) is 1. The fourth-order valence-corrected chi connectivity index (χ4v) is 1.46. The maximum Gasteiger partial charge on any atom is 0.0591 e. The molecule has 0 heterocycles. The maximum absolute atomic E-state index is 5.50. The normalized spacial score (nSPS) is 12.0. The van der Waals surface area contributed by atoms with Crippen molar-refractivity contribution in [1.82, 2.24) is 10.2 Å². The van der Waals surface area contributed by atoms with E-state index in [0.29, 0.717) is 12.0 Å². The molecule has 0 radical (unpaired) electrons. The van der Waals surface area contributed by atoms with E-state index >= 15 is 0 Å². The maximum atomic E-state index is 5.50. The Morgan fingerprint density at radius 2 is 1.76 bits per heavy atom. The van der Waals surface area contributed by atoms with Crippen LogP contribution < -0.4 is 5.32 Å². The van der Waals surface area contributed by atoms with Gasteiger partial charge in [-0.3, -0.25) is 0 Å². The highest BCUT2D eigenvalue weighted by Crippen LogP contribution is 1.97. The molecule has 1 N–H and O–H groups in total. The second-order valence-corrected chi connectivity index (χ2v) is 5.50. The lowest BCUT2D eigenvalue weighted by Crippen LogP contribution is -2.28. The highest BCUT2D eigenvalue weighted by atomic mass is 16.5. The summed E-state index contributed by atoms with van der Waals surface area (Å²) in [5.41, 5.74) is 0. The predicted molar refractivity (Wildman–Crippen MR) is 75.5 cm³/mol. The fourth-order valence-electron chi connectivity index (χ4n) is 1.46. The second-order valence-electron chi connectivity index (χ2n) is 5.50. The average molecular weight is 244 g/mol. The number of hydrogen-bond donors (Lipinski definition) is 1. The van der Waals surface area contributed by atoms with Gasteiger partial charge in [-0.1, -0.05) is 13.8 Å². The Bertz CT molecular complexity index is 160. The van der Waals surface area contributed by atoms with Crippen molar-refractivity contribution in [3.8, 4) is 0 Å². The molecule has 3 heteroatoms. The van der Waals surface area contributed by atoms with Crippen LogP contribution in [0.2, 0.25) is 0 Å². The first-order valence-electron chi connectivity index (χ1n) is 7.02. The van der Waals surface area contributed by atoms with Gasteiger partial charge in [0, 0.05) is 19.2 Å². The van der Waals surface area contributed by atoms with Gasteiger partial charge in [0.15, 0.2) is 0 Å². The molecule has 0 aliphatic carbocycles. The van der Waals surface area contributed by atoms with Crippen LogP contribution in [0.25, 0.3) is 0 Å². The summed E-state index contributed by atoms with van der Waals surface area (Å²) in [7, 11) is 2.19. The molecule has 0 aliphatic heterocycles. The molecule has 0 aliphatic rings. The van der Waals surface area contributed by atoms with Crippen LogP contribution in [0.3, 0.4) is 0 Å². The molecule has 0 unspecified atom stereocenters. The first-order valence-corrected chi connectivity index (χ1v) is 7.02. The monoisotopic (exact) mass is 244 g/mol. The number of rotatable bonds is 11. The lowest BCUT2D eigenvalue weighted by molar-refractivity contribution is 0.112. The second kappa shape index (κ2) is 11.0. The number of hydrogen-bond acceptors (Lipinski definition) is 3. The van der Waals surface area contributed by atoms with Crippen LogP contribution in [0.15, 0.2) is 0 Å². The van der Waals surface area contributed by atoms with Crippen molar-refractivity contribution >= 4 is 0 Å². The van der Waals surface area contributed by atoms with E-state index in [0.717, 1.165) is 26.3 Å². The Labute approximate surface area is 108 Å². The quantitative estimate of drug-likeness (QED) is 0.565. The minimum Gasteiger partial charge on any atom is -0.380 e. The molecule has 0 amide bonds. The van der Waals surface area contributed by atoms with Crippen LogP contribution in [-0.2, 0) is 4.74 Å². The zero-order valence-corrected chi connectivity index (χ0v) is 12.5. The van der Waals surface area contributed by atoms with Gasteiger partial charge in [0.2, 0.25) is 0 Å². The van der Waals surface area contributed by atoms with Gasteiger partial charge in [-0.25, -0.2) is 0 Å². The summed E-state index contributed by atoms with van der Waals surface area (Å²) < 4.78 is 5.50. The van der Waals surface area contributed by atoms with Crippen molar-refractivity contribution in [3.05, 3.63) is 0 Å². The number of nitrogens with one attached hydrogen (secondary N) is 1. The van der Waals surface area contributed by atoms with Gasteiger partial charge in [-0.05, 0) is 52.7 Å². The number of ether oxygens (including phenoxy) is 1. The molecule has 0 bridgehead atoms. The minimum absolute atomic E-state index is 0.640. The molecule has 0 rings (SSSR count). The SMILES string of the molecule is CC(C)COCCNCCCCN(C)C(C)C. The highest BCUT2D eigenvalue weighted by molar-refractivity contribution is 4.57. The fraction of sp³-hybridized carbons (Fsp3) is 1.00. The molecule has 17 heavy (non-hydrogen) atoms. The van der Waals surface area contributed by atoms with Crippen LogP contribution in [0.1, 0.15) is 40.5 Å². The molecule has 0 saturated heterocycles. The van der Waals surface area contributed by atoms with Crippen molar-refractivity contribution < 1.29 is 4.74 Å². The smallest absolute Gasteiger partial charge is 0.0591 e. The number of unbranched alkanes of at least 4 members (excludes halogenated alkanes) is 1. The summed E-state index contributed by atoms with van der Waals surface area (Å²) in [5, 5.41) is 3.42. The third-order valence-electron chi connectivity index (χ3n) is 2.87. The van der Waals surface area contributed by atoms with Crippen LogP contribution in [0.5, 0.6) is 0 Å². The largest absolute Gasteiger partial charge is 0.380 e. The summed E-state index contributed by atoms with van der Waals surface area (Å²) in [6, 6.07) is 0.660. The predicted octanol–water partition coefficient (Wildman–Crippen LogP) is 2.37. The third kappa shape index (κ3) is 12.1. The van der Waals surface area contributed by atoms with Crippen LogP contribution in [-0.4, -0.2) is 50.8 Å². The lowest BCUT2D eigenvalue weighted by atomic mass is 10.2. The van der Waals surface area contributed by atoms with Gasteiger partial charge in [0.05, 0.1) is 6.61 Å². The van der Waals surface area contributed by atoms with Crippen LogP contribution in [0.4, 0.5) is 0 Å². The van der Waals surface area contributed by atoms with Crippen molar-refractivity contribution in [2.45, 2.75) is 46.6 Å². The zero-order valence-electron chi connectivity index (χ0n) is 12.5. The van der Waals surface area contributed by atoms with Gasteiger partial charge in [0.1, 0.15) is 0 Å². The Morgan fingerprint density at radius 3 is 2.35 bits per heavy atom. The van der Waals surface area contributed by atoms with E-state index in [-0.39, 0.29) is 0 Å². The average Bonchev–Trinajstić information content (AvgIpc) is 2.25. The summed E-state index contributed by atoms with van der Waals surface area (Å²) in [6.45, 7) is 13.8. The third-order valence-corrected chi connectivity index (χ3v) is 2.87. The van der Waals surface area contributed by atoms with E-state index in [9.17, 15) is 0 Å². The Balaban J connectivity index is 3.09. The van der Waals surface area contributed by atoms with E-state index in [4.69, 9.17) is 4.74 Å². The van der Waals surface area contributed by atoms with Gasteiger partial charge in [0.25, 0.3) is 0 Å². The molecule has 0 aromatic rings. The summed E-state index contributed by atoms with van der Waals surface area (Å²) in [6.07, 6.45) is 2.52. The molecular weight excluding hydrogens is 212 g/mol. The molecule has 0 atom stereocenters. The van der Waals surface area contributed by atoms with Crippen molar-refractivity contribution in [2.24, 2.45) is 5.92 Å². The van der Waals surface area contributed by atoms with E-state index in [1.165, 1.54) is 19.4 Å². The standard InChI is InChI=1S/C14H32N2O/c1-13(2)12-17-11-9-15-8-6-7-10-16(5)14(3)4/h13-15H,6-12H2,1-5H3. The lowest BCUT2D eigenvalue weighted by Gasteiger charge is -2.20. The molecule has 104 valence electrons. The van der Waals surface area contributed by atoms with Gasteiger partial charge >= 0.3 is 0 Å². The minimum atomic E-state index is 0.640. The Morgan fingerprint density at radius 1 is 1.06 bits per heavy atom. The topological polar surface area (TPSA) is 24.5 Å². The highest BCUT2D eigenvalue weighted by Gasteiger charge is 2.01. The Kier molecular flexibility index (Phi) is 10.9. The van der Waals surface area contributed by atoms with E-state index in [1.54, 1.807) is 0 Å². The van der Waals surface area contributed by atoms with Crippen LogP contribution >= 0.6 is 0 Å². The first-order chi connectivity index (χ1) is 8.04. The van der Waals surface area contributed by atoms with Gasteiger partial charge in [-0.2, -0.15) is 0 Å². The van der Waals surface area contributed by atoms with Gasteiger partial charge in [-0.15, -0.1) is 0 Å². The molecule has 0 spiro atoms. The van der Waals surface area contributed by atoms with Crippen molar-refractivity contribution in [2.75, 3.05) is 39.9 Å². The summed E-state index contributed by atoms with van der Waals surface area (Å²) in [5.74, 6) is 0.640. The molecule has 3 nitrogen and oxygen atoms in total. The van der Waals surface area contributed by atoms with E-state index < -0.39 is 0 Å². The summed E-state index contributed by atoms with van der Waals surface area (Å²) >= 11 is 0. The zero-order chi connectivity index (χ0) is 13.1. The Hall–Kier alpha value is -0.120. The molecule has 0 aromatic carbocycles. The molecule has 0 aromatic heterocycles.